The Morgan fingerprint density at radius 3 is 2.39 bits per heavy atom. The van der Waals surface area contributed by atoms with Gasteiger partial charge in [0.25, 0.3) is 0 Å². The molecule has 5 nitrogen and oxygen atoms in total. The molecule has 0 saturated heterocycles. The van der Waals surface area contributed by atoms with Crippen LogP contribution in [-0.2, 0) is 22.2 Å². The Morgan fingerprint density at radius 1 is 1.17 bits per heavy atom. The minimum atomic E-state index is -1.08. The number of halogens is 1. The first-order chi connectivity index (χ1) is 11.0. The lowest BCUT2D eigenvalue weighted by Gasteiger charge is -2.09. The van der Waals surface area contributed by atoms with Gasteiger partial charge in [-0.3, -0.25) is 4.79 Å². The highest BCUT2D eigenvalue weighted by Crippen LogP contribution is 2.12. The highest BCUT2D eigenvalue weighted by Gasteiger charge is 2.11. The highest BCUT2D eigenvalue weighted by atomic mass is 79.9. The fourth-order valence-electron chi connectivity index (χ4n) is 2.09. The van der Waals surface area contributed by atoms with Gasteiger partial charge in [0.05, 0.1) is 0 Å². The maximum absolute atomic E-state index is 11.9. The van der Waals surface area contributed by atoms with Gasteiger partial charge in [-0.2, -0.15) is 0 Å². The van der Waals surface area contributed by atoms with E-state index in [1.807, 2.05) is 12.1 Å². The fourth-order valence-corrected chi connectivity index (χ4v) is 3.45. The Labute approximate surface area is 148 Å². The smallest absolute Gasteiger partial charge is 0.320 e. The van der Waals surface area contributed by atoms with Crippen molar-refractivity contribution in [1.82, 2.24) is 0 Å². The van der Waals surface area contributed by atoms with Gasteiger partial charge in [-0.05, 0) is 37.0 Å². The van der Waals surface area contributed by atoms with Crippen LogP contribution in [0.25, 0.3) is 0 Å². The first-order valence-corrected chi connectivity index (χ1v) is 10.3. The molecule has 0 bridgehead atoms. The average molecular weight is 405 g/mol. The highest BCUT2D eigenvalue weighted by molar-refractivity contribution is 9.09. The Bertz CT molecular complexity index is 497. The standard InChI is InChI=1S/C16H25BrN2O3S/c17-10-4-2-1-3-5-11-23(22)19-14-8-6-13(7-9-14)12-15(18)16(20)21/h6-9,15,19H,1-5,10-12,18H2,(H,20,21)/t15-,23?/m0/s1. The van der Waals surface area contributed by atoms with Gasteiger partial charge >= 0.3 is 5.97 Å². The van der Waals surface area contributed by atoms with Gasteiger partial charge in [-0.1, -0.05) is 47.3 Å². The van der Waals surface area contributed by atoms with Crippen LogP contribution in [0.1, 0.15) is 37.7 Å². The molecule has 1 aromatic carbocycles. The summed E-state index contributed by atoms with van der Waals surface area (Å²) < 4.78 is 14.9. The molecular weight excluding hydrogens is 380 g/mol. The minimum absolute atomic E-state index is 0.285. The number of rotatable bonds is 12. The van der Waals surface area contributed by atoms with E-state index in [1.54, 1.807) is 12.1 Å². The van der Waals surface area contributed by atoms with E-state index in [0.717, 1.165) is 29.4 Å². The topological polar surface area (TPSA) is 92.4 Å². The van der Waals surface area contributed by atoms with Gasteiger partial charge in [0.15, 0.2) is 0 Å². The van der Waals surface area contributed by atoms with Crippen LogP contribution >= 0.6 is 15.9 Å². The molecule has 0 aliphatic carbocycles. The fraction of sp³-hybridized carbons (Fsp3) is 0.562. The van der Waals surface area contributed by atoms with Gasteiger partial charge < -0.3 is 15.6 Å². The van der Waals surface area contributed by atoms with Crippen molar-refractivity contribution in [2.24, 2.45) is 5.73 Å². The molecule has 0 spiro atoms. The lowest BCUT2D eigenvalue weighted by molar-refractivity contribution is -0.138. The number of hydrogen-bond donors (Lipinski definition) is 3. The number of nitrogens with one attached hydrogen (secondary N) is 1. The predicted octanol–water partition coefficient (Wildman–Crippen LogP) is 3.06. The number of aliphatic carboxylic acids is 1. The SMILES string of the molecule is N[C@@H](Cc1ccc(NS(=O)CCCCCCCBr)cc1)C(=O)O. The second-order valence-corrected chi connectivity index (χ2v) is 7.55. The van der Waals surface area contributed by atoms with Crippen molar-refractivity contribution in [3.8, 4) is 0 Å². The maximum atomic E-state index is 11.9. The zero-order chi connectivity index (χ0) is 17.1. The zero-order valence-electron chi connectivity index (χ0n) is 13.2. The molecule has 0 heterocycles. The first kappa shape index (κ1) is 20.1. The minimum Gasteiger partial charge on any atom is -0.480 e. The molecule has 130 valence electrons. The largest absolute Gasteiger partial charge is 0.480 e. The van der Waals surface area contributed by atoms with E-state index >= 15 is 0 Å². The maximum Gasteiger partial charge on any atom is 0.320 e. The Morgan fingerprint density at radius 2 is 1.78 bits per heavy atom. The third-order valence-corrected chi connectivity index (χ3v) is 5.11. The van der Waals surface area contributed by atoms with Gasteiger partial charge in [-0.25, -0.2) is 4.21 Å². The zero-order valence-corrected chi connectivity index (χ0v) is 15.6. The molecule has 0 aromatic heterocycles. The van der Waals surface area contributed by atoms with E-state index in [0.29, 0.717) is 5.75 Å². The van der Waals surface area contributed by atoms with Gasteiger partial charge in [-0.15, -0.1) is 0 Å². The van der Waals surface area contributed by atoms with E-state index < -0.39 is 23.0 Å². The molecule has 7 heteroatoms. The molecule has 4 N–H and O–H groups in total. The number of benzene rings is 1. The molecule has 1 aromatic rings. The number of nitrogens with two attached hydrogens (primary N) is 1. The van der Waals surface area contributed by atoms with E-state index in [-0.39, 0.29) is 6.42 Å². The summed E-state index contributed by atoms with van der Waals surface area (Å²) in [7, 11) is -1.08. The molecule has 0 aliphatic heterocycles. The number of unbranched alkanes of at least 4 members (excludes halogenated alkanes) is 4. The lowest BCUT2D eigenvalue weighted by atomic mass is 10.1. The molecular formula is C16H25BrN2O3S. The van der Waals surface area contributed by atoms with Gasteiger partial charge in [0.1, 0.15) is 17.0 Å². The molecule has 0 aliphatic rings. The summed E-state index contributed by atoms with van der Waals surface area (Å²) in [5, 5.41) is 9.84. The van der Waals surface area contributed by atoms with Crippen molar-refractivity contribution in [3.63, 3.8) is 0 Å². The Balaban J connectivity index is 2.28. The molecule has 2 atom stereocenters. The molecule has 1 unspecified atom stereocenters. The normalized spacial score (nSPS) is 13.5. The van der Waals surface area contributed by atoms with Crippen LogP contribution in [0.2, 0.25) is 0 Å². The Hall–Kier alpha value is -0.920. The number of carbonyl (C=O) groups is 1. The van der Waals surface area contributed by atoms with Gasteiger partial charge in [0.2, 0.25) is 0 Å². The van der Waals surface area contributed by atoms with Crippen LogP contribution in [0.3, 0.4) is 0 Å². The van der Waals surface area contributed by atoms with Crippen LogP contribution in [-0.4, -0.2) is 32.4 Å². The van der Waals surface area contributed by atoms with E-state index in [9.17, 15) is 9.00 Å². The van der Waals surface area contributed by atoms with Crippen LogP contribution in [0.4, 0.5) is 5.69 Å². The lowest BCUT2D eigenvalue weighted by Crippen LogP contribution is -2.32. The van der Waals surface area contributed by atoms with Crippen LogP contribution in [0.5, 0.6) is 0 Å². The summed E-state index contributed by atoms with van der Waals surface area (Å²) in [6.45, 7) is 0. The number of alkyl halides is 1. The first-order valence-electron chi connectivity index (χ1n) is 7.81. The van der Waals surface area contributed by atoms with E-state index in [2.05, 4.69) is 20.7 Å². The summed E-state index contributed by atoms with van der Waals surface area (Å²) >= 11 is 3.41. The molecule has 0 amide bonds. The molecule has 1 rings (SSSR count). The summed E-state index contributed by atoms with van der Waals surface area (Å²) in [5.41, 5.74) is 7.12. The quantitative estimate of drug-likeness (QED) is 0.368. The van der Waals surface area contributed by atoms with E-state index in [1.165, 1.54) is 19.3 Å². The third-order valence-electron chi connectivity index (χ3n) is 3.42. The number of hydrogen-bond acceptors (Lipinski definition) is 3. The summed E-state index contributed by atoms with van der Waals surface area (Å²) in [5.74, 6) is -0.371. The second-order valence-electron chi connectivity index (χ2n) is 5.45. The van der Waals surface area contributed by atoms with Crippen molar-refractivity contribution in [2.75, 3.05) is 15.8 Å². The van der Waals surface area contributed by atoms with Crippen molar-refractivity contribution < 1.29 is 14.1 Å². The predicted molar refractivity (Wildman–Crippen MR) is 99.3 cm³/mol. The van der Waals surface area contributed by atoms with Crippen molar-refractivity contribution in [1.29, 1.82) is 0 Å². The molecule has 0 saturated carbocycles. The van der Waals surface area contributed by atoms with Crippen molar-refractivity contribution in [3.05, 3.63) is 29.8 Å². The van der Waals surface area contributed by atoms with Crippen LogP contribution in [0, 0.1) is 0 Å². The summed E-state index contributed by atoms with van der Waals surface area (Å²) in [6.07, 6.45) is 5.93. The summed E-state index contributed by atoms with van der Waals surface area (Å²) in [4.78, 5) is 10.7. The van der Waals surface area contributed by atoms with Gasteiger partial charge in [0, 0.05) is 16.8 Å². The molecule has 0 fully saturated rings. The van der Waals surface area contributed by atoms with Crippen LogP contribution in [0.15, 0.2) is 24.3 Å². The second kappa shape index (κ2) is 11.6. The molecule has 0 radical (unpaired) electrons. The number of anilines is 1. The average Bonchev–Trinajstić information content (AvgIpc) is 2.52. The van der Waals surface area contributed by atoms with Crippen molar-refractivity contribution in [2.45, 2.75) is 44.6 Å². The number of carboxylic acid groups (broad SMARTS) is 1. The number of carboxylic acids is 1. The van der Waals surface area contributed by atoms with Crippen LogP contribution < -0.4 is 10.5 Å². The molecule has 23 heavy (non-hydrogen) atoms. The Kier molecular flexibility index (Phi) is 10.1. The monoisotopic (exact) mass is 404 g/mol. The van der Waals surface area contributed by atoms with E-state index in [4.69, 9.17) is 10.8 Å². The third kappa shape index (κ3) is 9.07. The summed E-state index contributed by atoms with van der Waals surface area (Å²) in [6, 6.07) is 6.33. The van der Waals surface area contributed by atoms with Crippen molar-refractivity contribution >= 4 is 38.6 Å².